The van der Waals surface area contributed by atoms with Crippen LogP contribution in [0.4, 0.5) is 5.69 Å². The largest absolute Gasteiger partial charge is 0.481 e. The van der Waals surface area contributed by atoms with Crippen molar-refractivity contribution in [1.29, 1.82) is 0 Å². The zero-order valence-corrected chi connectivity index (χ0v) is 10.1. The third-order valence-corrected chi connectivity index (χ3v) is 3.08. The van der Waals surface area contributed by atoms with Crippen molar-refractivity contribution < 1.29 is 19.5 Å². The maximum absolute atomic E-state index is 11.8. The summed E-state index contributed by atoms with van der Waals surface area (Å²) in [6.45, 7) is 0. The highest BCUT2D eigenvalue weighted by Crippen LogP contribution is 2.39. The van der Waals surface area contributed by atoms with Crippen LogP contribution in [0.5, 0.6) is 0 Å². The molecule has 0 saturated heterocycles. The van der Waals surface area contributed by atoms with Gasteiger partial charge in [0.05, 0.1) is 18.3 Å². The smallest absolute Gasteiger partial charge is 0.307 e. The molecule has 0 unspecified atom stereocenters. The lowest BCUT2D eigenvalue weighted by atomic mass is 10.1. The van der Waals surface area contributed by atoms with E-state index >= 15 is 0 Å². The summed E-state index contributed by atoms with van der Waals surface area (Å²) in [5, 5.41) is 11.4. The Morgan fingerprint density at radius 1 is 1.26 bits per heavy atom. The number of carboxylic acid groups (broad SMARTS) is 1. The van der Waals surface area contributed by atoms with Crippen molar-refractivity contribution in [2.45, 2.75) is 12.8 Å². The molecule has 0 spiro atoms. The molecule has 1 saturated carbocycles. The van der Waals surface area contributed by atoms with Crippen molar-refractivity contribution in [2.24, 2.45) is 17.6 Å². The van der Waals surface area contributed by atoms with Gasteiger partial charge >= 0.3 is 5.97 Å². The molecule has 2 amide bonds. The van der Waals surface area contributed by atoms with E-state index < -0.39 is 23.7 Å². The standard InChI is InChI=1S/C13H14N2O4/c14-11(16)5-7-3-1-2-4-10(7)15-12(17)8-6-9(8)13(18)19/h1-4,8-9H,5-6H2,(H2,14,16)(H,15,17)(H,18,19)/t8-,9+/m1/s1. The van der Waals surface area contributed by atoms with Crippen molar-refractivity contribution in [3.05, 3.63) is 29.8 Å². The number of benzene rings is 1. The van der Waals surface area contributed by atoms with Crippen LogP contribution in [0.25, 0.3) is 0 Å². The first kappa shape index (κ1) is 13.1. The van der Waals surface area contributed by atoms with Crippen LogP contribution < -0.4 is 11.1 Å². The number of anilines is 1. The number of nitrogens with one attached hydrogen (secondary N) is 1. The molecule has 0 radical (unpaired) electrons. The SMILES string of the molecule is NC(=O)Cc1ccccc1NC(=O)[C@@H]1C[C@@H]1C(=O)O. The average Bonchev–Trinajstić information content (AvgIpc) is 3.11. The predicted molar refractivity (Wildman–Crippen MR) is 67.2 cm³/mol. The zero-order chi connectivity index (χ0) is 14.0. The highest BCUT2D eigenvalue weighted by atomic mass is 16.4. The Labute approximate surface area is 109 Å². The molecule has 0 aromatic heterocycles. The summed E-state index contributed by atoms with van der Waals surface area (Å²) < 4.78 is 0. The molecule has 1 aromatic rings. The molecule has 0 bridgehead atoms. The lowest BCUT2D eigenvalue weighted by molar-refractivity contribution is -0.139. The Morgan fingerprint density at radius 3 is 2.53 bits per heavy atom. The van der Waals surface area contributed by atoms with Crippen LogP contribution in [-0.2, 0) is 20.8 Å². The van der Waals surface area contributed by atoms with Gasteiger partial charge in [0.2, 0.25) is 11.8 Å². The van der Waals surface area contributed by atoms with Crippen molar-refractivity contribution in [3.8, 4) is 0 Å². The van der Waals surface area contributed by atoms with E-state index in [1.165, 1.54) is 0 Å². The minimum atomic E-state index is -0.953. The number of para-hydroxylation sites is 1. The van der Waals surface area contributed by atoms with Crippen LogP contribution in [0.2, 0.25) is 0 Å². The molecular formula is C13H14N2O4. The maximum Gasteiger partial charge on any atom is 0.307 e. The number of nitrogens with two attached hydrogens (primary N) is 1. The molecule has 4 N–H and O–H groups in total. The summed E-state index contributed by atoms with van der Waals surface area (Å²) in [5.74, 6) is -2.85. The topological polar surface area (TPSA) is 109 Å². The highest BCUT2D eigenvalue weighted by Gasteiger charge is 2.48. The number of primary amides is 1. The maximum atomic E-state index is 11.8. The minimum Gasteiger partial charge on any atom is -0.481 e. The molecule has 19 heavy (non-hydrogen) atoms. The number of aliphatic carboxylic acids is 1. The van der Waals surface area contributed by atoms with E-state index in [4.69, 9.17) is 10.8 Å². The first-order chi connectivity index (χ1) is 8.99. The first-order valence-corrected chi connectivity index (χ1v) is 5.89. The van der Waals surface area contributed by atoms with E-state index in [1.54, 1.807) is 24.3 Å². The Hall–Kier alpha value is -2.37. The molecule has 2 atom stereocenters. The molecule has 0 aliphatic heterocycles. The van der Waals surface area contributed by atoms with Crippen LogP contribution in [-0.4, -0.2) is 22.9 Å². The summed E-state index contributed by atoms with van der Waals surface area (Å²) in [5.41, 5.74) is 6.25. The third kappa shape index (κ3) is 3.09. The van der Waals surface area contributed by atoms with Gasteiger partial charge in [-0.1, -0.05) is 18.2 Å². The Balaban J connectivity index is 2.05. The Morgan fingerprint density at radius 2 is 1.95 bits per heavy atom. The lowest BCUT2D eigenvalue weighted by Crippen LogP contribution is -2.19. The van der Waals surface area contributed by atoms with Gasteiger partial charge in [0.1, 0.15) is 0 Å². The summed E-state index contributed by atoms with van der Waals surface area (Å²) in [7, 11) is 0. The second-order valence-electron chi connectivity index (χ2n) is 4.58. The normalized spacial score (nSPS) is 20.6. The van der Waals surface area contributed by atoms with E-state index in [9.17, 15) is 14.4 Å². The number of amides is 2. The Kier molecular flexibility index (Phi) is 3.50. The van der Waals surface area contributed by atoms with E-state index in [1.807, 2.05) is 0 Å². The van der Waals surface area contributed by atoms with Crippen LogP contribution in [0.1, 0.15) is 12.0 Å². The van der Waals surface area contributed by atoms with Gasteiger partial charge in [-0.3, -0.25) is 14.4 Å². The minimum absolute atomic E-state index is 0.0312. The molecule has 6 heteroatoms. The van der Waals surface area contributed by atoms with Gasteiger partial charge in [0.15, 0.2) is 0 Å². The lowest BCUT2D eigenvalue weighted by Gasteiger charge is -2.09. The monoisotopic (exact) mass is 262 g/mol. The average molecular weight is 262 g/mol. The van der Waals surface area contributed by atoms with Gasteiger partial charge in [-0.2, -0.15) is 0 Å². The highest BCUT2D eigenvalue weighted by molar-refractivity contribution is 5.99. The molecule has 100 valence electrons. The molecule has 1 aliphatic rings. The van der Waals surface area contributed by atoms with Gasteiger partial charge in [0, 0.05) is 5.69 Å². The van der Waals surface area contributed by atoms with Crippen molar-refractivity contribution in [1.82, 2.24) is 0 Å². The molecular weight excluding hydrogens is 248 g/mol. The fourth-order valence-corrected chi connectivity index (χ4v) is 1.97. The summed E-state index contributed by atoms with van der Waals surface area (Å²) >= 11 is 0. The van der Waals surface area contributed by atoms with Gasteiger partial charge in [-0.25, -0.2) is 0 Å². The quantitative estimate of drug-likeness (QED) is 0.712. The van der Waals surface area contributed by atoms with Crippen LogP contribution in [0, 0.1) is 11.8 Å². The summed E-state index contributed by atoms with van der Waals surface area (Å²) in [6, 6.07) is 6.82. The number of carbonyl (C=O) groups excluding carboxylic acids is 2. The van der Waals surface area contributed by atoms with Gasteiger partial charge in [-0.05, 0) is 18.1 Å². The number of carbonyl (C=O) groups is 3. The number of hydrogen-bond donors (Lipinski definition) is 3. The fraction of sp³-hybridized carbons (Fsp3) is 0.308. The van der Waals surface area contributed by atoms with Gasteiger partial charge in [0.25, 0.3) is 0 Å². The second-order valence-corrected chi connectivity index (χ2v) is 4.58. The van der Waals surface area contributed by atoms with Crippen LogP contribution in [0.3, 0.4) is 0 Å². The number of hydrogen-bond acceptors (Lipinski definition) is 3. The fourth-order valence-electron chi connectivity index (χ4n) is 1.97. The van der Waals surface area contributed by atoms with E-state index in [-0.39, 0.29) is 12.3 Å². The third-order valence-electron chi connectivity index (χ3n) is 3.08. The molecule has 1 aromatic carbocycles. The van der Waals surface area contributed by atoms with Crippen LogP contribution in [0.15, 0.2) is 24.3 Å². The molecule has 0 heterocycles. The number of carboxylic acids is 1. The van der Waals surface area contributed by atoms with Crippen molar-refractivity contribution >= 4 is 23.5 Å². The van der Waals surface area contributed by atoms with E-state index in [2.05, 4.69) is 5.32 Å². The molecule has 1 aliphatic carbocycles. The summed E-state index contributed by atoms with van der Waals surface area (Å²) in [4.78, 5) is 33.5. The molecule has 6 nitrogen and oxygen atoms in total. The second kappa shape index (κ2) is 5.09. The van der Waals surface area contributed by atoms with Crippen molar-refractivity contribution in [2.75, 3.05) is 5.32 Å². The zero-order valence-electron chi connectivity index (χ0n) is 10.1. The van der Waals surface area contributed by atoms with E-state index in [0.717, 1.165) is 0 Å². The van der Waals surface area contributed by atoms with Crippen molar-refractivity contribution in [3.63, 3.8) is 0 Å². The summed E-state index contributed by atoms with van der Waals surface area (Å²) in [6.07, 6.45) is 0.392. The van der Waals surface area contributed by atoms with E-state index in [0.29, 0.717) is 17.7 Å². The first-order valence-electron chi connectivity index (χ1n) is 5.89. The molecule has 2 rings (SSSR count). The van der Waals surface area contributed by atoms with Gasteiger partial charge in [-0.15, -0.1) is 0 Å². The predicted octanol–water partition coefficient (Wildman–Crippen LogP) is 0.374. The number of rotatable bonds is 5. The van der Waals surface area contributed by atoms with Gasteiger partial charge < -0.3 is 16.2 Å². The van der Waals surface area contributed by atoms with Crippen LogP contribution >= 0.6 is 0 Å². The molecule has 1 fully saturated rings. The Bertz CT molecular complexity index is 541.